The van der Waals surface area contributed by atoms with Gasteiger partial charge in [-0.15, -0.1) is 0 Å². The Balaban J connectivity index is 3.47. The molecule has 10 heavy (non-hydrogen) atoms. The fourth-order valence-electron chi connectivity index (χ4n) is 0.338. The van der Waals surface area contributed by atoms with Crippen LogP contribution < -0.4 is 11.5 Å². The monoisotopic (exact) mass is 146 g/mol. The quantitative estimate of drug-likeness (QED) is 0.368. The van der Waals surface area contributed by atoms with Crippen LogP contribution in [0.5, 0.6) is 0 Å². The zero-order chi connectivity index (χ0) is 7.98. The van der Waals surface area contributed by atoms with E-state index >= 15 is 0 Å². The molecule has 0 aromatic carbocycles. The molecule has 0 aliphatic carbocycles. The number of nitrogens with two attached hydrogens (primary N) is 2. The molecule has 0 unspecified atom stereocenters. The molecule has 0 amide bonds. The molecule has 0 heterocycles. The first kappa shape index (κ1) is 9.06. The Morgan fingerprint density at radius 2 is 1.80 bits per heavy atom. The van der Waals surface area contributed by atoms with Gasteiger partial charge in [0.1, 0.15) is 0 Å². The Morgan fingerprint density at radius 1 is 1.20 bits per heavy atom. The molecule has 0 saturated carbocycles. The van der Waals surface area contributed by atoms with Gasteiger partial charge in [0.25, 0.3) is 0 Å². The number of rotatable bonds is 3. The van der Waals surface area contributed by atoms with Crippen molar-refractivity contribution in [1.29, 1.82) is 0 Å². The highest BCUT2D eigenvalue weighted by molar-refractivity contribution is 5.86. The van der Waals surface area contributed by atoms with Gasteiger partial charge < -0.3 is 16.2 Å². The van der Waals surface area contributed by atoms with Crippen LogP contribution in [-0.4, -0.2) is 25.0 Å². The van der Waals surface area contributed by atoms with Gasteiger partial charge in [0.2, 0.25) is 0 Å². The van der Waals surface area contributed by atoms with Gasteiger partial charge in [0, 0.05) is 6.54 Å². The zero-order valence-electron chi connectivity index (χ0n) is 5.50. The first-order valence-electron chi connectivity index (χ1n) is 2.84. The number of hydrogen-bond acceptors (Lipinski definition) is 5. The van der Waals surface area contributed by atoms with E-state index in [1.807, 2.05) is 0 Å². The predicted octanol–water partition coefficient (Wildman–Crippen LogP) is -1.64. The first-order chi connectivity index (χ1) is 4.70. The van der Waals surface area contributed by atoms with E-state index in [0.29, 0.717) is 0 Å². The van der Waals surface area contributed by atoms with E-state index in [0.717, 1.165) is 0 Å². The first-order valence-corrected chi connectivity index (χ1v) is 2.84. The Bertz CT molecular complexity index is 135. The smallest absolute Gasteiger partial charge is 0.327 e. The van der Waals surface area contributed by atoms with Crippen LogP contribution in [0.25, 0.3) is 0 Å². The van der Waals surface area contributed by atoms with E-state index in [-0.39, 0.29) is 19.5 Å². The molecular formula is C5H10N2O3. The fourth-order valence-corrected chi connectivity index (χ4v) is 0.338. The average molecular weight is 146 g/mol. The minimum Gasteiger partial charge on any atom is -0.392 e. The number of hydrogen-bond donors (Lipinski definition) is 2. The van der Waals surface area contributed by atoms with Gasteiger partial charge in [-0.05, 0) is 0 Å². The summed E-state index contributed by atoms with van der Waals surface area (Å²) in [5, 5.41) is 0. The molecular weight excluding hydrogens is 136 g/mol. The van der Waals surface area contributed by atoms with Gasteiger partial charge in [-0.25, -0.2) is 0 Å². The van der Waals surface area contributed by atoms with E-state index in [1.54, 1.807) is 0 Å². The van der Waals surface area contributed by atoms with Gasteiger partial charge in [-0.3, -0.25) is 9.59 Å². The van der Waals surface area contributed by atoms with Crippen LogP contribution in [-0.2, 0) is 14.3 Å². The van der Waals surface area contributed by atoms with Crippen LogP contribution in [0, 0.1) is 0 Å². The van der Waals surface area contributed by atoms with Gasteiger partial charge >= 0.3 is 11.9 Å². The van der Waals surface area contributed by atoms with Crippen molar-refractivity contribution < 1.29 is 14.3 Å². The van der Waals surface area contributed by atoms with Crippen molar-refractivity contribution >= 4 is 11.9 Å². The summed E-state index contributed by atoms with van der Waals surface area (Å²) in [5.74, 6) is -1.35. The zero-order valence-corrected chi connectivity index (χ0v) is 5.50. The van der Waals surface area contributed by atoms with Crippen LogP contribution in [0.1, 0.15) is 6.42 Å². The lowest BCUT2D eigenvalue weighted by atomic mass is 10.4. The maximum Gasteiger partial charge on any atom is 0.327 e. The van der Waals surface area contributed by atoms with E-state index in [9.17, 15) is 9.59 Å². The topological polar surface area (TPSA) is 95.4 Å². The highest BCUT2D eigenvalue weighted by atomic mass is 16.6. The largest absolute Gasteiger partial charge is 0.392 e. The van der Waals surface area contributed by atoms with Gasteiger partial charge in [-0.1, -0.05) is 0 Å². The Hall–Kier alpha value is -0.940. The van der Waals surface area contributed by atoms with E-state index in [1.165, 1.54) is 0 Å². The van der Waals surface area contributed by atoms with Crippen LogP contribution >= 0.6 is 0 Å². The third kappa shape index (κ3) is 3.99. The Kier molecular flexibility index (Phi) is 4.43. The molecule has 0 aromatic rings. The standard InChI is InChI=1S/C5H10N2O3/c6-2-1-4(8)10-5(9)3-7/h1-3,6-7H2. The van der Waals surface area contributed by atoms with Crippen molar-refractivity contribution in [3.63, 3.8) is 0 Å². The molecule has 0 spiro atoms. The fraction of sp³-hybridized carbons (Fsp3) is 0.600. The van der Waals surface area contributed by atoms with E-state index in [4.69, 9.17) is 11.5 Å². The Labute approximate surface area is 58.3 Å². The summed E-state index contributed by atoms with van der Waals surface area (Å²) < 4.78 is 4.16. The normalized spacial score (nSPS) is 9.00. The number of ether oxygens (including phenoxy) is 1. The van der Waals surface area contributed by atoms with Gasteiger partial charge in [0.05, 0.1) is 13.0 Å². The SMILES string of the molecule is NCCC(=O)OC(=O)CN. The van der Waals surface area contributed by atoms with Crippen molar-refractivity contribution in [2.45, 2.75) is 6.42 Å². The molecule has 0 saturated heterocycles. The van der Waals surface area contributed by atoms with Crippen molar-refractivity contribution in [3.05, 3.63) is 0 Å². The minimum absolute atomic E-state index is 0.0474. The molecule has 0 aromatic heterocycles. The maximum absolute atomic E-state index is 10.4. The summed E-state index contributed by atoms with van der Waals surface area (Å²) in [5.41, 5.74) is 9.86. The third-order valence-corrected chi connectivity index (χ3v) is 0.743. The second kappa shape index (κ2) is 4.89. The molecule has 4 N–H and O–H groups in total. The van der Waals surface area contributed by atoms with Crippen LogP contribution in [0.3, 0.4) is 0 Å². The average Bonchev–Trinajstić information content (AvgIpc) is 1.88. The molecule has 0 aliphatic rings. The third-order valence-electron chi connectivity index (χ3n) is 0.743. The van der Waals surface area contributed by atoms with Crippen molar-refractivity contribution in [1.82, 2.24) is 0 Å². The number of carbonyl (C=O) groups excluding carboxylic acids is 2. The van der Waals surface area contributed by atoms with Gasteiger partial charge in [-0.2, -0.15) is 0 Å². The molecule has 5 nitrogen and oxygen atoms in total. The summed E-state index contributed by atoms with van der Waals surface area (Å²) >= 11 is 0. The molecule has 0 bridgehead atoms. The minimum atomic E-state index is -0.724. The van der Waals surface area contributed by atoms with Crippen LogP contribution in [0.2, 0.25) is 0 Å². The second-order valence-electron chi connectivity index (χ2n) is 1.59. The molecule has 5 heteroatoms. The lowest BCUT2D eigenvalue weighted by Gasteiger charge is -1.97. The summed E-state index contributed by atoms with van der Waals surface area (Å²) in [6.07, 6.45) is 0.0474. The molecule has 0 radical (unpaired) electrons. The Morgan fingerprint density at radius 3 is 2.20 bits per heavy atom. The predicted molar refractivity (Wildman–Crippen MR) is 33.8 cm³/mol. The molecule has 58 valence electrons. The number of esters is 2. The second-order valence-corrected chi connectivity index (χ2v) is 1.59. The van der Waals surface area contributed by atoms with E-state index in [2.05, 4.69) is 4.74 Å². The van der Waals surface area contributed by atoms with Crippen LogP contribution in [0.4, 0.5) is 0 Å². The maximum atomic E-state index is 10.4. The van der Waals surface area contributed by atoms with E-state index < -0.39 is 11.9 Å². The molecule has 0 aliphatic heterocycles. The summed E-state index contributed by atoms with van der Waals surface area (Å²) in [6, 6.07) is 0. The van der Waals surface area contributed by atoms with Crippen LogP contribution in [0.15, 0.2) is 0 Å². The summed E-state index contributed by atoms with van der Waals surface area (Å²) in [7, 11) is 0. The van der Waals surface area contributed by atoms with Gasteiger partial charge in [0.15, 0.2) is 0 Å². The highest BCUT2D eigenvalue weighted by Gasteiger charge is 2.05. The lowest BCUT2D eigenvalue weighted by molar-refractivity contribution is -0.158. The summed E-state index contributed by atoms with van der Waals surface area (Å²) in [6.45, 7) is -0.104. The van der Waals surface area contributed by atoms with Crippen molar-refractivity contribution in [2.24, 2.45) is 11.5 Å². The van der Waals surface area contributed by atoms with Crippen molar-refractivity contribution in [3.8, 4) is 0 Å². The summed E-state index contributed by atoms with van der Waals surface area (Å²) in [4.78, 5) is 20.7. The highest BCUT2D eigenvalue weighted by Crippen LogP contribution is 1.83. The molecule has 0 atom stereocenters. The lowest BCUT2D eigenvalue weighted by Crippen LogP contribution is -2.22. The number of carbonyl (C=O) groups is 2. The van der Waals surface area contributed by atoms with Crippen molar-refractivity contribution in [2.75, 3.05) is 13.1 Å². The molecule has 0 fully saturated rings. The molecule has 0 rings (SSSR count).